The Labute approximate surface area is 193 Å². The van der Waals surface area contributed by atoms with Crippen LogP contribution in [0.4, 0.5) is 11.4 Å². The lowest BCUT2D eigenvalue weighted by atomic mass is 10.1. The Morgan fingerprint density at radius 2 is 1.12 bits per heavy atom. The summed E-state index contributed by atoms with van der Waals surface area (Å²) in [4.78, 5) is 24.9. The van der Waals surface area contributed by atoms with Crippen LogP contribution in [0.25, 0.3) is 12.2 Å². The number of hydrogen-bond acceptors (Lipinski definition) is 4. The van der Waals surface area contributed by atoms with E-state index in [0.717, 1.165) is 28.2 Å². The van der Waals surface area contributed by atoms with E-state index >= 15 is 0 Å². The van der Waals surface area contributed by atoms with Crippen molar-refractivity contribution >= 4 is 35.3 Å². The molecule has 0 unspecified atom stereocenters. The second-order valence-corrected chi connectivity index (χ2v) is 7.24. The lowest BCUT2D eigenvalue weighted by Crippen LogP contribution is -2.13. The quantitative estimate of drug-likeness (QED) is 0.463. The molecule has 0 bridgehead atoms. The van der Waals surface area contributed by atoms with E-state index in [9.17, 15) is 9.59 Å². The molecule has 3 aromatic rings. The number of amides is 2. The summed E-state index contributed by atoms with van der Waals surface area (Å²) in [5, 5.41) is 5.65. The molecule has 0 fully saturated rings. The van der Waals surface area contributed by atoms with Gasteiger partial charge in [-0.1, -0.05) is 30.3 Å². The number of carbonyl (C=O) groups is 2. The molecule has 2 N–H and O–H groups in total. The molecule has 0 aromatic heterocycles. The summed E-state index contributed by atoms with van der Waals surface area (Å²) in [6, 6.07) is 20.2. The van der Waals surface area contributed by atoms with Crippen LogP contribution in [-0.2, 0) is 9.59 Å². The molecule has 3 rings (SSSR count). The molecule has 0 radical (unpaired) electrons. The Balaban J connectivity index is 1.66. The topological polar surface area (TPSA) is 76.7 Å². The molecule has 3 aromatic carbocycles. The van der Waals surface area contributed by atoms with Crippen LogP contribution in [0.1, 0.15) is 16.7 Å². The second kappa shape index (κ2) is 11.3. The molecule has 0 aliphatic heterocycles. The standard InChI is InChI=1S/C27H26N2O4/c1-19-4-15-24(28-26(30)16-9-20-5-11-22(32-2)12-6-20)25(18-19)29-27(31)17-10-21-7-13-23(33-3)14-8-21/h4-18H,1-3H3,(H,28,30)(H,29,31)/b16-9+,17-10+. The van der Waals surface area contributed by atoms with Gasteiger partial charge in [-0.3, -0.25) is 9.59 Å². The van der Waals surface area contributed by atoms with Crippen molar-refractivity contribution < 1.29 is 19.1 Å². The van der Waals surface area contributed by atoms with Gasteiger partial charge in [-0.2, -0.15) is 0 Å². The van der Waals surface area contributed by atoms with Gasteiger partial charge in [-0.05, 0) is 72.2 Å². The van der Waals surface area contributed by atoms with Crippen molar-refractivity contribution in [2.45, 2.75) is 6.92 Å². The van der Waals surface area contributed by atoms with Gasteiger partial charge in [0.15, 0.2) is 0 Å². The number of carbonyl (C=O) groups excluding carboxylic acids is 2. The molecule has 0 heterocycles. The molecule has 2 amide bonds. The van der Waals surface area contributed by atoms with E-state index < -0.39 is 0 Å². The highest BCUT2D eigenvalue weighted by molar-refractivity contribution is 6.08. The molecule has 0 saturated carbocycles. The first-order chi connectivity index (χ1) is 16.0. The predicted molar refractivity (Wildman–Crippen MR) is 132 cm³/mol. The summed E-state index contributed by atoms with van der Waals surface area (Å²) >= 11 is 0. The van der Waals surface area contributed by atoms with Gasteiger partial charge in [0.05, 0.1) is 25.6 Å². The number of benzene rings is 3. The minimum Gasteiger partial charge on any atom is -0.497 e. The highest BCUT2D eigenvalue weighted by atomic mass is 16.5. The molecule has 0 aliphatic rings. The van der Waals surface area contributed by atoms with Crippen LogP contribution >= 0.6 is 0 Å². The summed E-state index contributed by atoms with van der Waals surface area (Å²) in [7, 11) is 3.20. The maximum absolute atomic E-state index is 12.5. The molecule has 0 saturated heterocycles. The largest absolute Gasteiger partial charge is 0.497 e. The molecule has 168 valence electrons. The van der Waals surface area contributed by atoms with Gasteiger partial charge in [0.1, 0.15) is 11.5 Å². The van der Waals surface area contributed by atoms with Crippen LogP contribution in [-0.4, -0.2) is 26.0 Å². The predicted octanol–water partition coefficient (Wildman–Crippen LogP) is 5.32. The van der Waals surface area contributed by atoms with Gasteiger partial charge in [0.25, 0.3) is 0 Å². The fourth-order valence-electron chi connectivity index (χ4n) is 2.99. The highest BCUT2D eigenvalue weighted by Gasteiger charge is 2.08. The Hall–Kier alpha value is -4.32. The van der Waals surface area contributed by atoms with Gasteiger partial charge < -0.3 is 20.1 Å². The number of anilines is 2. The van der Waals surface area contributed by atoms with E-state index in [-0.39, 0.29) is 11.8 Å². The lowest BCUT2D eigenvalue weighted by Gasteiger charge is -2.11. The second-order valence-electron chi connectivity index (χ2n) is 7.24. The van der Waals surface area contributed by atoms with Gasteiger partial charge in [-0.25, -0.2) is 0 Å². The third kappa shape index (κ3) is 7.11. The van der Waals surface area contributed by atoms with E-state index in [2.05, 4.69) is 10.6 Å². The van der Waals surface area contributed by atoms with E-state index in [1.54, 1.807) is 32.4 Å². The molecule has 0 spiro atoms. The zero-order valence-corrected chi connectivity index (χ0v) is 18.8. The zero-order chi connectivity index (χ0) is 23.6. The smallest absolute Gasteiger partial charge is 0.248 e. The number of methoxy groups -OCH3 is 2. The molecule has 33 heavy (non-hydrogen) atoms. The van der Waals surface area contributed by atoms with Crippen molar-refractivity contribution in [2.75, 3.05) is 24.9 Å². The summed E-state index contributed by atoms with van der Waals surface area (Å²) < 4.78 is 10.3. The van der Waals surface area contributed by atoms with Gasteiger partial charge in [-0.15, -0.1) is 0 Å². The number of aryl methyl sites for hydroxylation is 1. The van der Waals surface area contributed by atoms with Gasteiger partial charge in [0, 0.05) is 12.2 Å². The van der Waals surface area contributed by atoms with Crippen LogP contribution in [0, 0.1) is 6.92 Å². The van der Waals surface area contributed by atoms with Crippen molar-refractivity contribution in [3.8, 4) is 11.5 Å². The fourth-order valence-corrected chi connectivity index (χ4v) is 2.99. The lowest BCUT2D eigenvalue weighted by molar-refractivity contribution is -0.112. The average Bonchev–Trinajstić information content (AvgIpc) is 2.83. The Morgan fingerprint density at radius 3 is 1.58 bits per heavy atom. The van der Waals surface area contributed by atoms with Gasteiger partial charge in [0.2, 0.25) is 11.8 Å². The summed E-state index contributed by atoms with van der Waals surface area (Å²) in [5.74, 6) is 0.884. The summed E-state index contributed by atoms with van der Waals surface area (Å²) in [6.07, 6.45) is 6.30. The molecule has 0 aliphatic carbocycles. The third-order valence-electron chi connectivity index (χ3n) is 4.78. The Bertz CT molecular complexity index is 1160. The Morgan fingerprint density at radius 1 is 0.667 bits per heavy atom. The number of rotatable bonds is 8. The monoisotopic (exact) mass is 442 g/mol. The normalized spacial score (nSPS) is 10.9. The first kappa shape index (κ1) is 23.3. The number of ether oxygens (including phenoxy) is 2. The first-order valence-corrected chi connectivity index (χ1v) is 10.3. The maximum atomic E-state index is 12.5. The molecular formula is C27H26N2O4. The maximum Gasteiger partial charge on any atom is 0.248 e. The van der Waals surface area contributed by atoms with Crippen LogP contribution in [0.2, 0.25) is 0 Å². The Kier molecular flexibility index (Phi) is 8.02. The summed E-state index contributed by atoms with van der Waals surface area (Å²) in [6.45, 7) is 1.91. The van der Waals surface area contributed by atoms with Crippen molar-refractivity contribution in [3.05, 3.63) is 95.6 Å². The van der Waals surface area contributed by atoms with E-state index in [1.165, 1.54) is 12.2 Å². The van der Waals surface area contributed by atoms with E-state index in [4.69, 9.17) is 9.47 Å². The van der Waals surface area contributed by atoms with Crippen molar-refractivity contribution in [3.63, 3.8) is 0 Å². The van der Waals surface area contributed by atoms with E-state index in [0.29, 0.717) is 11.4 Å². The fraction of sp³-hybridized carbons (Fsp3) is 0.111. The van der Waals surface area contributed by atoms with Crippen LogP contribution < -0.4 is 20.1 Å². The zero-order valence-electron chi connectivity index (χ0n) is 18.8. The minimum atomic E-state index is -0.307. The highest BCUT2D eigenvalue weighted by Crippen LogP contribution is 2.23. The van der Waals surface area contributed by atoms with Crippen molar-refractivity contribution in [1.29, 1.82) is 0 Å². The molecule has 6 nitrogen and oxygen atoms in total. The average molecular weight is 443 g/mol. The SMILES string of the molecule is COc1ccc(/C=C/C(=O)Nc2ccc(C)cc2NC(=O)/C=C/c2ccc(OC)cc2)cc1. The number of hydrogen-bond donors (Lipinski definition) is 2. The molecular weight excluding hydrogens is 416 g/mol. The first-order valence-electron chi connectivity index (χ1n) is 10.3. The van der Waals surface area contributed by atoms with Crippen LogP contribution in [0.5, 0.6) is 11.5 Å². The van der Waals surface area contributed by atoms with Crippen molar-refractivity contribution in [1.82, 2.24) is 0 Å². The third-order valence-corrected chi connectivity index (χ3v) is 4.78. The van der Waals surface area contributed by atoms with Crippen LogP contribution in [0.15, 0.2) is 78.9 Å². The van der Waals surface area contributed by atoms with Gasteiger partial charge >= 0.3 is 0 Å². The van der Waals surface area contributed by atoms with Crippen LogP contribution in [0.3, 0.4) is 0 Å². The van der Waals surface area contributed by atoms with Crippen molar-refractivity contribution in [2.24, 2.45) is 0 Å². The minimum absolute atomic E-state index is 0.305. The molecule has 0 atom stereocenters. The molecule has 6 heteroatoms. The summed E-state index contributed by atoms with van der Waals surface area (Å²) in [5.41, 5.74) is 3.72. The number of nitrogens with one attached hydrogen (secondary N) is 2. The van der Waals surface area contributed by atoms with E-state index in [1.807, 2.05) is 67.6 Å².